The Morgan fingerprint density at radius 2 is 0.918 bits per heavy atom. The first kappa shape index (κ1) is 43.0. The van der Waals surface area contributed by atoms with Crippen LogP contribution < -0.4 is 9.47 Å². The molecule has 0 amide bonds. The summed E-state index contributed by atoms with van der Waals surface area (Å²) in [4.78, 5) is 0.856. The Morgan fingerprint density at radius 1 is 0.490 bits per heavy atom. The number of thiocarbonyl (C=S) groups is 1. The molecule has 3 heteroatoms. The zero-order valence-electron chi connectivity index (χ0n) is 32.2. The van der Waals surface area contributed by atoms with Crippen molar-refractivity contribution >= 4 is 23.2 Å². The second kappa shape index (κ2) is 30.7. The van der Waals surface area contributed by atoms with Crippen molar-refractivity contribution in [3.63, 3.8) is 0 Å². The van der Waals surface area contributed by atoms with E-state index in [2.05, 4.69) is 69.3 Å². The van der Waals surface area contributed by atoms with E-state index in [0.29, 0.717) is 0 Å². The molecule has 0 bridgehead atoms. The van der Waals surface area contributed by atoms with Gasteiger partial charge in [0.15, 0.2) is 11.5 Å². The molecule has 0 aliphatic carbocycles. The van der Waals surface area contributed by atoms with Gasteiger partial charge in [0, 0.05) is 4.86 Å². The zero-order valence-corrected chi connectivity index (χ0v) is 33.0. The van der Waals surface area contributed by atoms with Gasteiger partial charge in [0.1, 0.15) is 0 Å². The van der Waals surface area contributed by atoms with Crippen LogP contribution in [0.15, 0.2) is 48.5 Å². The van der Waals surface area contributed by atoms with Crippen molar-refractivity contribution < 1.29 is 9.47 Å². The van der Waals surface area contributed by atoms with E-state index in [1.165, 1.54) is 147 Å². The average molecular weight is 691 g/mol. The number of unbranched alkanes of at least 4 members (excludes halogenated alkanes) is 22. The minimum atomic E-state index is 0.738. The van der Waals surface area contributed by atoms with Gasteiger partial charge in [-0.25, -0.2) is 0 Å². The first-order valence-electron chi connectivity index (χ1n) is 20.9. The van der Waals surface area contributed by atoms with Crippen LogP contribution in [0.5, 0.6) is 11.5 Å². The molecule has 0 N–H and O–H groups in total. The van der Waals surface area contributed by atoms with Crippen molar-refractivity contribution in [2.45, 2.75) is 188 Å². The molecule has 2 nitrogen and oxygen atoms in total. The molecule has 0 heterocycles. The molecule has 276 valence electrons. The molecule has 0 atom stereocenters. The number of allylic oxidation sites excluding steroid dienone is 1. The summed E-state index contributed by atoms with van der Waals surface area (Å²) in [5.41, 5.74) is 3.55. The SMILES string of the molecule is CCCCCCCCCCCCCCOc1ccc(C=CC(=S)c2ccc(CCC)cc2)cc1OCCCCCCCCCCCCCC. The molecule has 0 saturated carbocycles. The molecular formula is C46H74O2S. The summed E-state index contributed by atoms with van der Waals surface area (Å²) >= 11 is 5.75. The maximum Gasteiger partial charge on any atom is 0.161 e. The largest absolute Gasteiger partial charge is 0.490 e. The van der Waals surface area contributed by atoms with Crippen LogP contribution in [0, 0.1) is 0 Å². The smallest absolute Gasteiger partial charge is 0.161 e. The van der Waals surface area contributed by atoms with E-state index < -0.39 is 0 Å². The van der Waals surface area contributed by atoms with Gasteiger partial charge >= 0.3 is 0 Å². The zero-order chi connectivity index (χ0) is 35.0. The van der Waals surface area contributed by atoms with E-state index in [1.807, 2.05) is 6.08 Å². The van der Waals surface area contributed by atoms with Crippen molar-refractivity contribution in [3.05, 3.63) is 65.2 Å². The first-order chi connectivity index (χ1) is 24.2. The fraction of sp³-hybridized carbons (Fsp3) is 0.674. The van der Waals surface area contributed by atoms with Crippen molar-refractivity contribution in [3.8, 4) is 11.5 Å². The second-order valence-electron chi connectivity index (χ2n) is 14.3. The predicted molar refractivity (Wildman–Crippen MR) is 221 cm³/mol. The van der Waals surface area contributed by atoms with Gasteiger partial charge in [-0.1, -0.05) is 217 Å². The number of benzene rings is 2. The topological polar surface area (TPSA) is 18.5 Å². The van der Waals surface area contributed by atoms with Gasteiger partial charge < -0.3 is 9.47 Å². The fourth-order valence-corrected chi connectivity index (χ4v) is 6.71. The lowest BCUT2D eigenvalue weighted by Gasteiger charge is -2.14. The molecule has 49 heavy (non-hydrogen) atoms. The van der Waals surface area contributed by atoms with E-state index in [9.17, 15) is 0 Å². The van der Waals surface area contributed by atoms with Gasteiger partial charge in [-0.3, -0.25) is 0 Å². The van der Waals surface area contributed by atoms with Gasteiger partial charge in [-0.15, -0.1) is 0 Å². The van der Waals surface area contributed by atoms with E-state index in [-0.39, 0.29) is 0 Å². The van der Waals surface area contributed by atoms with Crippen LogP contribution in [0.25, 0.3) is 6.08 Å². The van der Waals surface area contributed by atoms with Crippen molar-refractivity contribution in [2.75, 3.05) is 13.2 Å². The highest BCUT2D eigenvalue weighted by Gasteiger charge is 2.08. The predicted octanol–water partition coefficient (Wildman–Crippen LogP) is 15.2. The summed E-state index contributed by atoms with van der Waals surface area (Å²) in [6.45, 7) is 8.29. The van der Waals surface area contributed by atoms with E-state index in [4.69, 9.17) is 21.7 Å². The van der Waals surface area contributed by atoms with E-state index >= 15 is 0 Å². The van der Waals surface area contributed by atoms with Crippen LogP contribution in [0.3, 0.4) is 0 Å². The van der Waals surface area contributed by atoms with Crippen LogP contribution in [0.2, 0.25) is 0 Å². The molecule has 0 spiro atoms. The summed E-state index contributed by atoms with van der Waals surface area (Å²) in [7, 11) is 0. The van der Waals surface area contributed by atoms with Gasteiger partial charge in [0.2, 0.25) is 0 Å². The Morgan fingerprint density at radius 3 is 1.37 bits per heavy atom. The fourth-order valence-electron chi connectivity index (χ4n) is 6.50. The highest BCUT2D eigenvalue weighted by molar-refractivity contribution is 7.81. The highest BCUT2D eigenvalue weighted by Crippen LogP contribution is 2.30. The third-order valence-corrected chi connectivity index (χ3v) is 10.1. The maximum absolute atomic E-state index is 6.37. The van der Waals surface area contributed by atoms with Gasteiger partial charge in [0.25, 0.3) is 0 Å². The minimum absolute atomic E-state index is 0.738. The van der Waals surface area contributed by atoms with Crippen LogP contribution >= 0.6 is 12.2 Å². The van der Waals surface area contributed by atoms with E-state index in [1.54, 1.807) is 0 Å². The molecular weight excluding hydrogens is 617 g/mol. The molecule has 0 aliphatic rings. The number of ether oxygens (including phenoxy) is 2. The summed E-state index contributed by atoms with van der Waals surface area (Å²) in [6.07, 6.45) is 38.8. The normalized spacial score (nSPS) is 11.4. The maximum atomic E-state index is 6.37. The van der Waals surface area contributed by atoms with Gasteiger partial charge in [-0.2, -0.15) is 0 Å². The molecule has 2 aromatic carbocycles. The molecule has 0 saturated heterocycles. The third-order valence-electron chi connectivity index (χ3n) is 9.68. The third kappa shape index (κ3) is 22.3. The van der Waals surface area contributed by atoms with Crippen LogP contribution in [0.1, 0.15) is 198 Å². The number of rotatable bonds is 33. The van der Waals surface area contributed by atoms with Crippen LogP contribution in [-0.4, -0.2) is 18.1 Å². The molecule has 0 fully saturated rings. The lowest BCUT2D eigenvalue weighted by Crippen LogP contribution is -2.03. The lowest BCUT2D eigenvalue weighted by atomic mass is 10.1. The molecule has 0 aromatic heterocycles. The Hall–Kier alpha value is -2.13. The summed E-state index contributed by atoms with van der Waals surface area (Å²) in [5.74, 6) is 1.73. The quantitative estimate of drug-likeness (QED) is 0.0321. The number of hydrogen-bond donors (Lipinski definition) is 0. The van der Waals surface area contributed by atoms with Crippen molar-refractivity contribution in [1.82, 2.24) is 0 Å². The Kier molecular flexibility index (Phi) is 26.9. The second-order valence-corrected chi connectivity index (χ2v) is 14.8. The van der Waals surface area contributed by atoms with Gasteiger partial charge in [0.05, 0.1) is 13.2 Å². The molecule has 2 rings (SSSR count). The van der Waals surface area contributed by atoms with Crippen LogP contribution in [-0.2, 0) is 6.42 Å². The Labute approximate surface area is 309 Å². The number of aryl methyl sites for hydroxylation is 1. The standard InChI is InChI=1S/C46H74O2S/c1-4-7-9-11-13-15-17-19-21-23-25-27-38-47-44-36-32-42(33-37-46(49)43-34-30-41(29-6-3)31-35-43)40-45(44)48-39-28-26-24-22-20-18-16-14-12-10-8-5-2/h30-37,40H,4-29,38-39H2,1-3H3. The lowest BCUT2D eigenvalue weighted by molar-refractivity contribution is 0.258. The van der Waals surface area contributed by atoms with Crippen molar-refractivity contribution in [1.29, 1.82) is 0 Å². The first-order valence-corrected chi connectivity index (χ1v) is 21.3. The van der Waals surface area contributed by atoms with Gasteiger partial charge in [-0.05, 0) is 54.2 Å². The minimum Gasteiger partial charge on any atom is -0.490 e. The van der Waals surface area contributed by atoms with Crippen LogP contribution in [0.4, 0.5) is 0 Å². The number of hydrogen-bond acceptors (Lipinski definition) is 3. The van der Waals surface area contributed by atoms with E-state index in [0.717, 1.165) is 66.4 Å². The molecule has 0 unspecified atom stereocenters. The van der Waals surface area contributed by atoms with Crippen molar-refractivity contribution in [2.24, 2.45) is 0 Å². The average Bonchev–Trinajstić information content (AvgIpc) is 3.12. The molecule has 2 aromatic rings. The summed E-state index contributed by atoms with van der Waals surface area (Å²) in [6, 6.07) is 15.0. The molecule has 0 radical (unpaired) electrons. The summed E-state index contributed by atoms with van der Waals surface area (Å²) in [5, 5.41) is 0. The molecule has 0 aliphatic heterocycles. The highest BCUT2D eigenvalue weighted by atomic mass is 32.1. The Balaban J connectivity index is 1.77. The Bertz CT molecular complexity index is 1090. The monoisotopic (exact) mass is 691 g/mol. The summed E-state index contributed by atoms with van der Waals surface area (Å²) < 4.78 is 12.7.